The second-order valence-electron chi connectivity index (χ2n) is 3.65. The lowest BCUT2D eigenvalue weighted by molar-refractivity contribution is 0.0697. The van der Waals surface area contributed by atoms with Crippen LogP contribution in [0.4, 0.5) is 0 Å². The van der Waals surface area contributed by atoms with E-state index in [4.69, 9.17) is 15.3 Å². The van der Waals surface area contributed by atoms with Crippen molar-refractivity contribution in [2.24, 2.45) is 0 Å². The summed E-state index contributed by atoms with van der Waals surface area (Å²) in [7, 11) is 0. The molecule has 3 N–H and O–H groups in total. The summed E-state index contributed by atoms with van der Waals surface area (Å²) in [6.07, 6.45) is 1.74. The summed E-state index contributed by atoms with van der Waals surface area (Å²) < 4.78 is 0. The van der Waals surface area contributed by atoms with E-state index in [0.717, 1.165) is 5.56 Å². The molecule has 0 fully saturated rings. The van der Waals surface area contributed by atoms with E-state index in [1.165, 1.54) is 24.3 Å². The van der Waals surface area contributed by atoms with Crippen molar-refractivity contribution in [2.75, 3.05) is 0 Å². The molecule has 2 rings (SSSR count). The Kier molecular flexibility index (Phi) is 5.17. The van der Waals surface area contributed by atoms with Crippen LogP contribution in [0.5, 0.6) is 11.5 Å². The van der Waals surface area contributed by atoms with Crippen LogP contribution in [0, 0.1) is 0 Å². The number of carboxylic acids is 1. The maximum absolute atomic E-state index is 10.2. The van der Waals surface area contributed by atoms with E-state index in [9.17, 15) is 4.79 Å². The second-order valence-corrected chi connectivity index (χ2v) is 3.65. The van der Waals surface area contributed by atoms with E-state index >= 15 is 0 Å². The van der Waals surface area contributed by atoms with Gasteiger partial charge in [-0.1, -0.05) is 24.8 Å². The maximum Gasteiger partial charge on any atom is 0.335 e. The number of aromatic carboxylic acids is 1. The van der Waals surface area contributed by atoms with Crippen molar-refractivity contribution in [3.05, 3.63) is 66.2 Å². The SMILES string of the molecule is C=Cc1ccc(O)cc1.O=C(O)c1ccc(O)cc1. The first-order valence-corrected chi connectivity index (χ1v) is 5.46. The molecule has 19 heavy (non-hydrogen) atoms. The van der Waals surface area contributed by atoms with Crippen molar-refractivity contribution in [3.8, 4) is 11.5 Å². The summed E-state index contributed by atoms with van der Waals surface area (Å²) in [6.45, 7) is 3.58. The molecule has 0 heterocycles. The van der Waals surface area contributed by atoms with E-state index in [0.29, 0.717) is 5.75 Å². The quantitative estimate of drug-likeness (QED) is 0.773. The third-order valence-electron chi connectivity index (χ3n) is 2.24. The number of hydrogen-bond acceptors (Lipinski definition) is 3. The Morgan fingerprint density at radius 2 is 1.32 bits per heavy atom. The molecule has 0 saturated carbocycles. The molecule has 4 heteroatoms. The van der Waals surface area contributed by atoms with Crippen molar-refractivity contribution in [1.82, 2.24) is 0 Å². The summed E-state index contributed by atoms with van der Waals surface area (Å²) in [4.78, 5) is 10.2. The highest BCUT2D eigenvalue weighted by atomic mass is 16.4. The van der Waals surface area contributed by atoms with Crippen LogP contribution in [0.2, 0.25) is 0 Å². The molecule has 0 radical (unpaired) electrons. The van der Waals surface area contributed by atoms with Crippen LogP contribution >= 0.6 is 0 Å². The molecule has 0 aliphatic heterocycles. The number of phenols is 2. The Morgan fingerprint density at radius 1 is 0.895 bits per heavy atom. The minimum Gasteiger partial charge on any atom is -0.508 e. The highest BCUT2D eigenvalue weighted by molar-refractivity contribution is 5.87. The first-order valence-electron chi connectivity index (χ1n) is 5.46. The van der Waals surface area contributed by atoms with E-state index in [1.807, 2.05) is 12.1 Å². The van der Waals surface area contributed by atoms with Crippen molar-refractivity contribution in [3.63, 3.8) is 0 Å². The van der Waals surface area contributed by atoms with Gasteiger partial charge in [0.2, 0.25) is 0 Å². The summed E-state index contributed by atoms with van der Waals surface area (Å²) >= 11 is 0. The third-order valence-corrected chi connectivity index (χ3v) is 2.24. The number of benzene rings is 2. The zero-order valence-electron chi connectivity index (χ0n) is 10.2. The molecule has 0 aliphatic carbocycles. The average molecular weight is 258 g/mol. The normalized spacial score (nSPS) is 9.05. The van der Waals surface area contributed by atoms with Crippen LogP contribution in [0.15, 0.2) is 55.1 Å². The molecule has 2 aromatic carbocycles. The van der Waals surface area contributed by atoms with Crippen LogP contribution in [0.25, 0.3) is 6.08 Å². The van der Waals surface area contributed by atoms with Gasteiger partial charge in [0, 0.05) is 0 Å². The van der Waals surface area contributed by atoms with Crippen LogP contribution < -0.4 is 0 Å². The lowest BCUT2D eigenvalue weighted by atomic mass is 10.2. The molecule has 2 aromatic rings. The molecule has 0 aliphatic rings. The Hall–Kier alpha value is -2.75. The lowest BCUT2D eigenvalue weighted by Gasteiger charge is -1.92. The van der Waals surface area contributed by atoms with Crippen molar-refractivity contribution >= 4 is 12.0 Å². The first-order chi connectivity index (χ1) is 9.02. The monoisotopic (exact) mass is 258 g/mol. The van der Waals surface area contributed by atoms with Crippen LogP contribution in [-0.2, 0) is 0 Å². The molecule has 0 atom stereocenters. The fourth-order valence-corrected chi connectivity index (χ4v) is 1.21. The number of carboxylic acid groups (broad SMARTS) is 1. The number of aromatic hydroxyl groups is 2. The average Bonchev–Trinajstić information content (AvgIpc) is 2.41. The van der Waals surface area contributed by atoms with E-state index in [2.05, 4.69) is 6.58 Å². The molecular weight excluding hydrogens is 244 g/mol. The maximum atomic E-state index is 10.2. The zero-order chi connectivity index (χ0) is 14.3. The van der Waals surface area contributed by atoms with E-state index in [-0.39, 0.29) is 11.3 Å². The predicted octanol–water partition coefficient (Wildman–Crippen LogP) is 3.13. The smallest absolute Gasteiger partial charge is 0.335 e. The summed E-state index contributed by atoms with van der Waals surface area (Å²) in [5.41, 5.74) is 1.20. The van der Waals surface area contributed by atoms with Crippen LogP contribution in [0.3, 0.4) is 0 Å². The van der Waals surface area contributed by atoms with Crippen molar-refractivity contribution < 1.29 is 20.1 Å². The second kappa shape index (κ2) is 6.86. The Morgan fingerprint density at radius 3 is 1.68 bits per heavy atom. The predicted molar refractivity (Wildman–Crippen MR) is 73.3 cm³/mol. The summed E-state index contributed by atoms with van der Waals surface area (Å²) in [5, 5.41) is 26.0. The van der Waals surface area contributed by atoms with Crippen molar-refractivity contribution in [1.29, 1.82) is 0 Å². The van der Waals surface area contributed by atoms with Gasteiger partial charge in [-0.05, 0) is 42.0 Å². The van der Waals surface area contributed by atoms with Gasteiger partial charge in [0.15, 0.2) is 0 Å². The van der Waals surface area contributed by atoms with Gasteiger partial charge in [0.25, 0.3) is 0 Å². The molecule has 0 spiro atoms. The fourth-order valence-electron chi connectivity index (χ4n) is 1.21. The van der Waals surface area contributed by atoms with Gasteiger partial charge in [0.05, 0.1) is 5.56 Å². The van der Waals surface area contributed by atoms with E-state index < -0.39 is 5.97 Å². The largest absolute Gasteiger partial charge is 0.508 e. The topological polar surface area (TPSA) is 77.8 Å². The van der Waals surface area contributed by atoms with Gasteiger partial charge in [-0.25, -0.2) is 4.79 Å². The Labute approximate surface area is 110 Å². The number of carbonyl (C=O) groups is 1. The Bertz CT molecular complexity index is 541. The molecule has 0 amide bonds. The highest BCUT2D eigenvalue weighted by Crippen LogP contribution is 2.09. The highest BCUT2D eigenvalue weighted by Gasteiger charge is 1.99. The van der Waals surface area contributed by atoms with Crippen LogP contribution in [-0.4, -0.2) is 21.3 Å². The summed E-state index contributed by atoms with van der Waals surface area (Å²) in [6, 6.07) is 12.3. The first kappa shape index (κ1) is 14.3. The van der Waals surface area contributed by atoms with Crippen LogP contribution in [0.1, 0.15) is 15.9 Å². The number of hydrogen-bond donors (Lipinski definition) is 3. The number of phenolic OH excluding ortho intramolecular Hbond substituents is 2. The van der Waals surface area contributed by atoms with E-state index in [1.54, 1.807) is 18.2 Å². The van der Waals surface area contributed by atoms with Gasteiger partial charge in [-0.15, -0.1) is 0 Å². The fraction of sp³-hybridized carbons (Fsp3) is 0. The van der Waals surface area contributed by atoms with Gasteiger partial charge in [-0.2, -0.15) is 0 Å². The standard InChI is InChI=1S/C8H8O.C7H6O3/c1-2-7-3-5-8(9)6-4-7;8-6-3-1-5(2-4-6)7(9)10/h2-6,9H,1H2;1-4,8H,(H,9,10). The lowest BCUT2D eigenvalue weighted by Crippen LogP contribution is -1.93. The van der Waals surface area contributed by atoms with Crippen molar-refractivity contribution in [2.45, 2.75) is 0 Å². The molecule has 0 aromatic heterocycles. The summed E-state index contributed by atoms with van der Waals surface area (Å²) in [5.74, 6) is -0.620. The van der Waals surface area contributed by atoms with Gasteiger partial charge in [-0.3, -0.25) is 0 Å². The minimum atomic E-state index is -0.986. The van der Waals surface area contributed by atoms with Gasteiger partial charge in [0.1, 0.15) is 11.5 Å². The Balaban J connectivity index is 0.000000191. The minimum absolute atomic E-state index is 0.0741. The number of rotatable bonds is 2. The molecule has 0 saturated heterocycles. The van der Waals surface area contributed by atoms with Gasteiger partial charge < -0.3 is 15.3 Å². The molecule has 4 nitrogen and oxygen atoms in total. The van der Waals surface area contributed by atoms with Gasteiger partial charge >= 0.3 is 5.97 Å². The zero-order valence-corrected chi connectivity index (χ0v) is 10.2. The molecule has 0 unspecified atom stereocenters. The molecular formula is C15H14O4. The third kappa shape index (κ3) is 4.95. The molecule has 0 bridgehead atoms. The molecule has 98 valence electrons.